The molecule has 1 heterocycles. The number of aliphatic hydroxyl groups excluding tert-OH is 1. The van der Waals surface area contributed by atoms with Crippen LogP contribution in [0.4, 0.5) is 0 Å². The molecule has 1 rings (SSSR count). The molecule has 2 nitrogen and oxygen atoms in total. The van der Waals surface area contributed by atoms with Gasteiger partial charge in [-0.2, -0.15) is 0 Å². The third-order valence-electron chi connectivity index (χ3n) is 1.81. The van der Waals surface area contributed by atoms with Crippen molar-refractivity contribution in [1.29, 1.82) is 0 Å². The van der Waals surface area contributed by atoms with Crippen molar-refractivity contribution in [3.05, 3.63) is 27.1 Å². The lowest BCUT2D eigenvalue weighted by atomic mass is 10.1. The lowest BCUT2D eigenvalue weighted by molar-refractivity contribution is 0.173. The average molecular weight is 277 g/mol. The minimum atomic E-state index is -0.367. The van der Waals surface area contributed by atoms with E-state index in [0.29, 0.717) is 0 Å². The quantitative estimate of drug-likeness (QED) is 0.665. The lowest BCUT2D eigenvalue weighted by Gasteiger charge is -2.08. The summed E-state index contributed by atoms with van der Waals surface area (Å²) in [5.74, 6) is 0. The summed E-state index contributed by atoms with van der Waals surface area (Å²) in [5, 5.41) is 9.50. The molecule has 0 unspecified atom stereocenters. The molecule has 0 bridgehead atoms. The number of aryl methyl sites for hydroxylation is 1. The molecule has 1 N–H and O–H groups in total. The van der Waals surface area contributed by atoms with E-state index in [2.05, 4.69) is 27.6 Å². The highest BCUT2D eigenvalue weighted by Gasteiger charge is 2.06. The zero-order chi connectivity index (χ0) is 9.14. The molecule has 3 heteroatoms. The molecule has 1 aromatic rings. The van der Waals surface area contributed by atoms with E-state index in [0.717, 1.165) is 21.2 Å². The molecule has 0 aliphatic carbocycles. The van der Waals surface area contributed by atoms with Crippen LogP contribution in [0.5, 0.6) is 0 Å². The van der Waals surface area contributed by atoms with Crippen LogP contribution in [0.3, 0.4) is 0 Å². The molecule has 0 saturated heterocycles. The number of aliphatic hydroxyl groups is 1. The second-order valence-corrected chi connectivity index (χ2v) is 3.82. The van der Waals surface area contributed by atoms with Crippen LogP contribution >= 0.6 is 22.6 Å². The van der Waals surface area contributed by atoms with Gasteiger partial charge in [0.05, 0.1) is 6.10 Å². The highest BCUT2D eigenvalue weighted by Crippen LogP contribution is 2.18. The van der Waals surface area contributed by atoms with Crippen molar-refractivity contribution in [2.24, 2.45) is 0 Å². The molecule has 0 aliphatic heterocycles. The Balaban J connectivity index is 2.96. The number of nitrogens with zero attached hydrogens (tertiary/aromatic N) is 1. The maximum atomic E-state index is 9.50. The Kier molecular flexibility index (Phi) is 3.46. The van der Waals surface area contributed by atoms with Gasteiger partial charge >= 0.3 is 0 Å². The minimum absolute atomic E-state index is 0.367. The van der Waals surface area contributed by atoms with Crippen molar-refractivity contribution < 1.29 is 5.11 Å². The summed E-state index contributed by atoms with van der Waals surface area (Å²) in [6.45, 7) is 3.96. The summed E-state index contributed by atoms with van der Waals surface area (Å²) in [6.07, 6.45) is 2.11. The van der Waals surface area contributed by atoms with E-state index in [-0.39, 0.29) is 6.10 Å². The number of halogens is 1. The fourth-order valence-corrected chi connectivity index (χ4v) is 1.29. The molecule has 0 amide bonds. The second-order valence-electron chi connectivity index (χ2n) is 2.80. The number of hydrogen-bond donors (Lipinski definition) is 1. The Bertz CT molecular complexity index is 275. The number of rotatable bonds is 2. The van der Waals surface area contributed by atoms with E-state index >= 15 is 0 Å². The maximum Gasteiger partial charge on any atom is 0.104 e. The Hall–Kier alpha value is -0.160. The zero-order valence-corrected chi connectivity index (χ0v) is 9.37. The zero-order valence-electron chi connectivity index (χ0n) is 7.21. The van der Waals surface area contributed by atoms with Gasteiger partial charge in [-0.05, 0) is 53.1 Å². The first kappa shape index (κ1) is 9.92. The third kappa shape index (κ3) is 2.17. The predicted octanol–water partition coefficient (Wildman–Crippen LogP) is 2.44. The smallest absolute Gasteiger partial charge is 0.104 e. The topological polar surface area (TPSA) is 33.1 Å². The van der Waals surface area contributed by atoms with E-state index in [4.69, 9.17) is 0 Å². The molecular formula is C9H12INO. The number of pyridine rings is 1. The van der Waals surface area contributed by atoms with Crippen LogP contribution in [0.25, 0.3) is 0 Å². The Morgan fingerprint density at radius 2 is 2.33 bits per heavy atom. The standard InChI is InChI=1S/C9H12INO/c1-3-8(12)7-4-6(2)9(10)11-5-7/h4-5,8,12H,3H2,1-2H3/t8-/m1/s1. The fraction of sp³-hybridized carbons (Fsp3) is 0.444. The van der Waals surface area contributed by atoms with Crippen molar-refractivity contribution in [1.82, 2.24) is 4.98 Å². The van der Waals surface area contributed by atoms with Gasteiger partial charge in [0, 0.05) is 6.20 Å². The van der Waals surface area contributed by atoms with Crippen molar-refractivity contribution in [3.8, 4) is 0 Å². The number of hydrogen-bond acceptors (Lipinski definition) is 2. The summed E-state index contributed by atoms with van der Waals surface area (Å²) in [7, 11) is 0. The van der Waals surface area contributed by atoms with Gasteiger partial charge in [0.2, 0.25) is 0 Å². The molecule has 66 valence electrons. The van der Waals surface area contributed by atoms with Crippen LogP contribution in [0.1, 0.15) is 30.6 Å². The van der Waals surface area contributed by atoms with Crippen LogP contribution in [0.15, 0.2) is 12.3 Å². The molecule has 0 aliphatic rings. The van der Waals surface area contributed by atoms with Gasteiger partial charge in [0.25, 0.3) is 0 Å². The molecule has 0 aromatic carbocycles. The van der Waals surface area contributed by atoms with E-state index in [9.17, 15) is 5.11 Å². The van der Waals surface area contributed by atoms with Gasteiger partial charge in [-0.25, -0.2) is 4.98 Å². The summed E-state index contributed by atoms with van der Waals surface area (Å²) in [5.41, 5.74) is 2.04. The summed E-state index contributed by atoms with van der Waals surface area (Å²) in [6, 6.07) is 1.99. The van der Waals surface area contributed by atoms with Gasteiger partial charge in [0.1, 0.15) is 3.70 Å². The van der Waals surface area contributed by atoms with Gasteiger partial charge in [-0.1, -0.05) is 6.92 Å². The van der Waals surface area contributed by atoms with E-state index in [1.165, 1.54) is 0 Å². The molecule has 1 atom stereocenters. The highest BCUT2D eigenvalue weighted by atomic mass is 127. The van der Waals surface area contributed by atoms with Crippen molar-refractivity contribution in [3.63, 3.8) is 0 Å². The summed E-state index contributed by atoms with van der Waals surface area (Å²) >= 11 is 2.18. The highest BCUT2D eigenvalue weighted by molar-refractivity contribution is 14.1. The summed E-state index contributed by atoms with van der Waals surface area (Å²) < 4.78 is 1.000. The third-order valence-corrected chi connectivity index (χ3v) is 2.94. The summed E-state index contributed by atoms with van der Waals surface area (Å²) in [4.78, 5) is 4.17. The molecule has 0 spiro atoms. The average Bonchev–Trinajstić information content (AvgIpc) is 2.08. The first-order valence-corrected chi connectivity index (χ1v) is 5.03. The van der Waals surface area contributed by atoms with Crippen LogP contribution in [-0.2, 0) is 0 Å². The van der Waals surface area contributed by atoms with E-state index in [1.54, 1.807) is 6.20 Å². The normalized spacial score (nSPS) is 13.0. The van der Waals surface area contributed by atoms with Crippen LogP contribution in [0, 0.1) is 10.6 Å². The molecule has 0 radical (unpaired) electrons. The van der Waals surface area contributed by atoms with E-state index in [1.807, 2.05) is 19.9 Å². The monoisotopic (exact) mass is 277 g/mol. The van der Waals surface area contributed by atoms with Crippen molar-refractivity contribution in [2.75, 3.05) is 0 Å². The predicted molar refractivity (Wildman–Crippen MR) is 56.9 cm³/mol. The first-order valence-electron chi connectivity index (χ1n) is 3.95. The first-order chi connectivity index (χ1) is 5.65. The molecule has 0 fully saturated rings. The molecule has 1 aromatic heterocycles. The Morgan fingerprint density at radius 3 is 2.83 bits per heavy atom. The Morgan fingerprint density at radius 1 is 1.67 bits per heavy atom. The van der Waals surface area contributed by atoms with Crippen LogP contribution in [0.2, 0.25) is 0 Å². The minimum Gasteiger partial charge on any atom is -0.388 e. The van der Waals surface area contributed by atoms with E-state index < -0.39 is 0 Å². The van der Waals surface area contributed by atoms with Gasteiger partial charge in [0.15, 0.2) is 0 Å². The van der Waals surface area contributed by atoms with Crippen molar-refractivity contribution >= 4 is 22.6 Å². The molecule has 12 heavy (non-hydrogen) atoms. The maximum absolute atomic E-state index is 9.50. The number of aromatic nitrogens is 1. The second kappa shape index (κ2) is 4.18. The SMILES string of the molecule is CC[C@@H](O)c1cnc(I)c(C)c1. The van der Waals surface area contributed by atoms with Gasteiger partial charge < -0.3 is 5.11 Å². The lowest BCUT2D eigenvalue weighted by Crippen LogP contribution is -1.98. The van der Waals surface area contributed by atoms with Crippen LogP contribution < -0.4 is 0 Å². The van der Waals surface area contributed by atoms with Crippen LogP contribution in [-0.4, -0.2) is 10.1 Å². The molecule has 0 saturated carbocycles. The van der Waals surface area contributed by atoms with Crippen molar-refractivity contribution in [2.45, 2.75) is 26.4 Å². The largest absolute Gasteiger partial charge is 0.388 e. The molecular weight excluding hydrogens is 265 g/mol. The fourth-order valence-electron chi connectivity index (χ4n) is 0.998. The van der Waals surface area contributed by atoms with Gasteiger partial charge in [-0.3, -0.25) is 0 Å². The Labute approximate surface area is 86.2 Å². The van der Waals surface area contributed by atoms with Gasteiger partial charge in [-0.15, -0.1) is 0 Å².